The lowest BCUT2D eigenvalue weighted by atomic mass is 9.93. The molecule has 0 spiro atoms. The minimum absolute atomic E-state index is 0.00561. The van der Waals surface area contributed by atoms with Crippen molar-refractivity contribution in [3.63, 3.8) is 0 Å². The molecule has 1 amide bonds. The van der Waals surface area contributed by atoms with E-state index in [0.29, 0.717) is 10.9 Å². The molecule has 2 aliphatic rings. The van der Waals surface area contributed by atoms with Crippen molar-refractivity contribution in [1.29, 1.82) is 0 Å². The number of hydrogen-bond acceptors (Lipinski definition) is 5. The van der Waals surface area contributed by atoms with Crippen LogP contribution in [-0.2, 0) is 10.0 Å². The number of halogens is 1. The van der Waals surface area contributed by atoms with E-state index in [0.717, 1.165) is 0 Å². The molecular formula is C30H33BrN2O6S. The van der Waals surface area contributed by atoms with Crippen molar-refractivity contribution >= 4 is 32.0 Å². The maximum absolute atomic E-state index is 13.5. The molecule has 0 saturated heterocycles. The zero-order chi connectivity index (χ0) is 28.6. The first kappa shape index (κ1) is 28.6. The summed E-state index contributed by atoms with van der Waals surface area (Å²) >= 11 is 3.40. The Morgan fingerprint density at radius 1 is 1.10 bits per heavy atom. The van der Waals surface area contributed by atoms with Crippen LogP contribution in [0.25, 0.3) is 11.1 Å². The van der Waals surface area contributed by atoms with Crippen molar-refractivity contribution in [1.82, 2.24) is 9.21 Å². The van der Waals surface area contributed by atoms with E-state index < -0.39 is 28.3 Å². The quantitative estimate of drug-likeness (QED) is 0.363. The van der Waals surface area contributed by atoms with Gasteiger partial charge in [0.15, 0.2) is 0 Å². The summed E-state index contributed by atoms with van der Waals surface area (Å²) in [5, 5.41) is 20.0. The van der Waals surface area contributed by atoms with Crippen LogP contribution >= 0.6 is 15.9 Å². The topological polar surface area (TPSA) is 107 Å². The summed E-state index contributed by atoms with van der Waals surface area (Å²) in [6, 6.07) is 20.5. The Morgan fingerprint density at radius 3 is 2.33 bits per heavy atom. The predicted molar refractivity (Wildman–Crippen MR) is 156 cm³/mol. The number of rotatable bonds is 7. The molecule has 0 radical (unpaired) electrons. The highest BCUT2D eigenvalue weighted by Crippen LogP contribution is 2.46. The van der Waals surface area contributed by atoms with Gasteiger partial charge in [-0.3, -0.25) is 0 Å². The molecular weight excluding hydrogens is 596 g/mol. The molecule has 5 rings (SSSR count). The first-order valence-electron chi connectivity index (χ1n) is 13.4. The fourth-order valence-corrected chi connectivity index (χ4v) is 7.92. The summed E-state index contributed by atoms with van der Waals surface area (Å²) < 4.78 is 35.3. The standard InChI is InChI=1S/C30H33BrN2O6S/c1-19-16-33(20(2)18-34)40(37,38)29-12-11-21(31)15-27(29)39-28(19)17-32(30(35)36)14-13-26-24-9-5-3-7-22(24)23-8-4-6-10-25(23)26/h3-12,15,19-20,26,28,34H,13-14,16-18H2,1-2H3,(H,35,36)/t19-,20+,28+/m1/s1. The molecule has 1 aliphatic carbocycles. The molecule has 2 N–H and O–H groups in total. The molecule has 0 saturated carbocycles. The maximum atomic E-state index is 13.5. The molecule has 3 aromatic rings. The van der Waals surface area contributed by atoms with Gasteiger partial charge in [0, 0.05) is 35.4 Å². The molecule has 0 fully saturated rings. The van der Waals surface area contributed by atoms with Gasteiger partial charge in [0.1, 0.15) is 16.7 Å². The summed E-state index contributed by atoms with van der Waals surface area (Å²) in [5.41, 5.74) is 4.76. The van der Waals surface area contributed by atoms with Gasteiger partial charge in [0.2, 0.25) is 10.0 Å². The number of carbonyl (C=O) groups is 1. The number of aliphatic hydroxyl groups excluding tert-OH is 1. The lowest BCUT2D eigenvalue weighted by molar-refractivity contribution is 0.0642. The number of ether oxygens (including phenoxy) is 1. The van der Waals surface area contributed by atoms with E-state index in [9.17, 15) is 23.4 Å². The third kappa shape index (κ3) is 5.37. The van der Waals surface area contributed by atoms with Crippen LogP contribution in [0.1, 0.15) is 37.3 Å². The minimum Gasteiger partial charge on any atom is -0.487 e. The first-order chi connectivity index (χ1) is 19.1. The van der Waals surface area contributed by atoms with E-state index in [1.165, 1.54) is 37.5 Å². The molecule has 0 aromatic heterocycles. The van der Waals surface area contributed by atoms with Gasteiger partial charge in [-0.05, 0) is 53.8 Å². The first-order valence-corrected chi connectivity index (χ1v) is 15.6. The summed E-state index contributed by atoms with van der Waals surface area (Å²) in [7, 11) is -3.95. The van der Waals surface area contributed by atoms with Gasteiger partial charge >= 0.3 is 6.09 Å². The fourth-order valence-electron chi connectivity index (χ4n) is 5.76. The van der Waals surface area contributed by atoms with E-state index in [2.05, 4.69) is 40.2 Å². The Morgan fingerprint density at radius 2 is 1.73 bits per heavy atom. The summed E-state index contributed by atoms with van der Waals surface area (Å²) in [4.78, 5) is 13.8. The second-order valence-corrected chi connectivity index (χ2v) is 13.3. The SMILES string of the molecule is C[C@@H]1CN([C@@H](C)CO)S(=O)(=O)c2ccc(Br)cc2O[C@H]1CN(CCC1c2ccccc2-c2ccccc21)C(=O)O. The zero-order valence-corrected chi connectivity index (χ0v) is 24.8. The van der Waals surface area contributed by atoms with Gasteiger partial charge in [0.25, 0.3) is 0 Å². The molecule has 0 bridgehead atoms. The molecule has 40 heavy (non-hydrogen) atoms. The highest BCUT2D eigenvalue weighted by molar-refractivity contribution is 9.10. The molecule has 212 valence electrons. The molecule has 1 heterocycles. The lowest BCUT2D eigenvalue weighted by Crippen LogP contribution is -2.50. The van der Waals surface area contributed by atoms with Crippen LogP contribution in [0.2, 0.25) is 0 Å². The van der Waals surface area contributed by atoms with E-state index in [1.54, 1.807) is 19.1 Å². The van der Waals surface area contributed by atoms with Crippen molar-refractivity contribution in [3.05, 3.63) is 82.3 Å². The number of amides is 1. The van der Waals surface area contributed by atoms with Crippen LogP contribution in [0.3, 0.4) is 0 Å². The number of sulfonamides is 1. The number of benzene rings is 3. The third-order valence-electron chi connectivity index (χ3n) is 7.95. The average Bonchev–Trinajstić information content (AvgIpc) is 3.25. The van der Waals surface area contributed by atoms with Crippen LogP contribution in [0.5, 0.6) is 5.75 Å². The highest BCUT2D eigenvalue weighted by Gasteiger charge is 2.39. The number of nitrogens with zero attached hydrogens (tertiary/aromatic N) is 2. The second-order valence-electron chi connectivity index (χ2n) is 10.6. The van der Waals surface area contributed by atoms with E-state index in [1.807, 2.05) is 31.2 Å². The average molecular weight is 630 g/mol. The van der Waals surface area contributed by atoms with Crippen LogP contribution in [0.4, 0.5) is 4.79 Å². The molecule has 1 aliphatic heterocycles. The largest absolute Gasteiger partial charge is 0.487 e. The predicted octanol–water partition coefficient (Wildman–Crippen LogP) is 5.40. The van der Waals surface area contributed by atoms with Gasteiger partial charge < -0.3 is 19.8 Å². The Bertz CT molecular complexity index is 1470. The number of hydrogen-bond donors (Lipinski definition) is 2. The summed E-state index contributed by atoms with van der Waals surface area (Å²) in [6.07, 6.45) is -1.07. The number of fused-ring (bicyclic) bond motifs is 4. The van der Waals surface area contributed by atoms with Crippen LogP contribution in [-0.4, -0.2) is 72.3 Å². The number of carboxylic acid groups (broad SMARTS) is 1. The monoisotopic (exact) mass is 628 g/mol. The van der Waals surface area contributed by atoms with Gasteiger partial charge in [0.05, 0.1) is 13.2 Å². The lowest BCUT2D eigenvalue weighted by Gasteiger charge is -2.37. The Hall–Kier alpha value is -2.92. The molecule has 10 heteroatoms. The zero-order valence-electron chi connectivity index (χ0n) is 22.4. The van der Waals surface area contributed by atoms with E-state index in [4.69, 9.17) is 4.74 Å². The van der Waals surface area contributed by atoms with Crippen molar-refractivity contribution < 1.29 is 28.2 Å². The summed E-state index contributed by atoms with van der Waals surface area (Å²) in [6.45, 7) is 3.61. The number of aliphatic hydroxyl groups is 1. The van der Waals surface area contributed by atoms with Crippen molar-refractivity contribution in [3.8, 4) is 16.9 Å². The summed E-state index contributed by atoms with van der Waals surface area (Å²) in [5.74, 6) is -0.122. The van der Waals surface area contributed by atoms with Crippen LogP contribution in [0.15, 0.2) is 76.1 Å². The van der Waals surface area contributed by atoms with Gasteiger partial charge in [-0.2, -0.15) is 4.31 Å². The fraction of sp³-hybridized carbons (Fsp3) is 0.367. The second kappa shape index (κ2) is 11.5. The Balaban J connectivity index is 1.42. The van der Waals surface area contributed by atoms with Crippen LogP contribution in [0, 0.1) is 5.92 Å². The van der Waals surface area contributed by atoms with Crippen molar-refractivity contribution in [2.75, 3.05) is 26.2 Å². The van der Waals surface area contributed by atoms with Crippen LogP contribution < -0.4 is 4.74 Å². The van der Waals surface area contributed by atoms with E-state index >= 15 is 0 Å². The van der Waals surface area contributed by atoms with Crippen molar-refractivity contribution in [2.24, 2.45) is 5.92 Å². The van der Waals surface area contributed by atoms with Gasteiger partial charge in [-0.15, -0.1) is 0 Å². The van der Waals surface area contributed by atoms with Gasteiger partial charge in [-0.25, -0.2) is 13.2 Å². The Labute approximate surface area is 243 Å². The normalized spacial score (nSPS) is 20.8. The molecule has 3 atom stereocenters. The Kier molecular flexibility index (Phi) is 8.24. The van der Waals surface area contributed by atoms with Crippen molar-refractivity contribution in [2.45, 2.75) is 43.2 Å². The maximum Gasteiger partial charge on any atom is 0.407 e. The third-order valence-corrected chi connectivity index (χ3v) is 10.5. The highest BCUT2D eigenvalue weighted by atomic mass is 79.9. The molecule has 0 unspecified atom stereocenters. The molecule has 8 nitrogen and oxygen atoms in total. The minimum atomic E-state index is -3.95. The van der Waals surface area contributed by atoms with E-state index in [-0.39, 0.29) is 48.7 Å². The molecule has 3 aromatic carbocycles. The smallest absolute Gasteiger partial charge is 0.407 e. The van der Waals surface area contributed by atoms with Gasteiger partial charge in [-0.1, -0.05) is 71.4 Å².